The molecule has 0 saturated carbocycles. The van der Waals surface area contributed by atoms with Gasteiger partial charge in [0.15, 0.2) is 6.23 Å². The van der Waals surface area contributed by atoms with Crippen LogP contribution in [0.15, 0.2) is 17.6 Å². The Balaban J connectivity index is 2.19. The van der Waals surface area contributed by atoms with Gasteiger partial charge in [-0.2, -0.15) is 5.10 Å². The predicted octanol–water partition coefficient (Wildman–Crippen LogP) is -0.290. The van der Waals surface area contributed by atoms with Crippen molar-refractivity contribution in [3.63, 3.8) is 0 Å². The molecule has 1 aliphatic rings. The van der Waals surface area contributed by atoms with Crippen molar-refractivity contribution >= 4 is 39.0 Å². The fraction of sp³-hybridized carbons (Fsp3) is 0.462. The van der Waals surface area contributed by atoms with Crippen molar-refractivity contribution in [3.05, 3.63) is 18.1 Å². The lowest BCUT2D eigenvalue weighted by Gasteiger charge is -2.27. The van der Waals surface area contributed by atoms with Crippen LogP contribution in [0.25, 0.3) is 11.0 Å². The van der Waals surface area contributed by atoms with E-state index in [0.29, 0.717) is 16.6 Å². The average molecular weight is 385 g/mol. The average Bonchev–Trinajstić information content (AvgIpc) is 2.97. The van der Waals surface area contributed by atoms with Crippen LogP contribution in [0.3, 0.4) is 0 Å². The van der Waals surface area contributed by atoms with Gasteiger partial charge in [-0.15, -0.1) is 0 Å². The zero-order chi connectivity index (χ0) is 16.8. The van der Waals surface area contributed by atoms with E-state index in [-0.39, 0.29) is 12.4 Å². The molecule has 0 aliphatic carbocycles. The van der Waals surface area contributed by atoms with Crippen LogP contribution in [0.1, 0.15) is 18.7 Å². The van der Waals surface area contributed by atoms with Crippen molar-refractivity contribution in [2.24, 2.45) is 10.9 Å². The van der Waals surface area contributed by atoms with Gasteiger partial charge in [-0.25, -0.2) is 9.97 Å². The van der Waals surface area contributed by atoms with E-state index < -0.39 is 22.8 Å². The van der Waals surface area contributed by atoms with Crippen molar-refractivity contribution in [1.82, 2.24) is 14.5 Å². The smallest absolute Gasteiger partial charge is 0.153 e. The van der Waals surface area contributed by atoms with E-state index in [9.17, 15) is 10.2 Å². The number of hydrogen-bond acceptors (Lipinski definition) is 8. The summed E-state index contributed by atoms with van der Waals surface area (Å²) in [6.45, 7) is 1.48. The van der Waals surface area contributed by atoms with Crippen LogP contribution in [-0.2, 0) is 4.74 Å². The summed E-state index contributed by atoms with van der Waals surface area (Å²) in [5, 5.41) is 23.8. The van der Waals surface area contributed by atoms with E-state index in [4.69, 9.17) is 16.3 Å². The molecule has 3 heterocycles. The molecule has 3 rings (SSSR count). The molecule has 0 aromatic carbocycles. The number of ether oxygens (including phenoxy) is 1. The second kappa shape index (κ2) is 5.71. The maximum absolute atomic E-state index is 10.3. The Morgan fingerprint density at radius 2 is 2.30 bits per heavy atom. The number of hydrazone groups is 1. The lowest BCUT2D eigenvalue weighted by molar-refractivity contribution is -0.0437. The van der Waals surface area contributed by atoms with Crippen LogP contribution < -0.4 is 11.6 Å². The molecule has 1 aliphatic heterocycles. The van der Waals surface area contributed by atoms with Crippen molar-refractivity contribution in [3.8, 4) is 0 Å². The van der Waals surface area contributed by atoms with Crippen LogP contribution >= 0.6 is 15.9 Å². The number of aliphatic hydroxyl groups excluding tert-OH is 2. The van der Waals surface area contributed by atoms with Gasteiger partial charge >= 0.3 is 0 Å². The molecule has 124 valence electrons. The van der Waals surface area contributed by atoms with Crippen molar-refractivity contribution < 1.29 is 14.9 Å². The number of nitrogens with zero attached hydrogens (tertiary/aromatic N) is 4. The molecule has 10 heteroatoms. The van der Waals surface area contributed by atoms with E-state index in [1.54, 1.807) is 17.7 Å². The minimum absolute atomic E-state index is 0.289. The fourth-order valence-electron chi connectivity index (χ4n) is 2.86. The molecule has 0 bridgehead atoms. The lowest BCUT2D eigenvalue weighted by atomic mass is 10.0. The highest BCUT2D eigenvalue weighted by Gasteiger charge is 2.52. The topological polar surface area (TPSA) is 145 Å². The van der Waals surface area contributed by atoms with Crippen LogP contribution in [-0.4, -0.2) is 54.1 Å². The van der Waals surface area contributed by atoms with Gasteiger partial charge in [0.25, 0.3) is 0 Å². The van der Waals surface area contributed by atoms with E-state index in [0.717, 1.165) is 0 Å². The largest absolute Gasteiger partial charge is 0.394 e. The molecule has 0 amide bonds. The Hall–Kier alpha value is -1.75. The first-order valence-corrected chi connectivity index (χ1v) is 7.68. The Morgan fingerprint density at radius 3 is 2.91 bits per heavy atom. The molecule has 0 unspecified atom stereocenters. The molecule has 2 aromatic rings. The van der Waals surface area contributed by atoms with Crippen LogP contribution in [0.2, 0.25) is 0 Å². The number of alkyl halides is 1. The molecule has 1 saturated heterocycles. The van der Waals surface area contributed by atoms with Gasteiger partial charge in [-0.1, -0.05) is 15.9 Å². The van der Waals surface area contributed by atoms with E-state index >= 15 is 0 Å². The summed E-state index contributed by atoms with van der Waals surface area (Å²) in [7, 11) is 0. The van der Waals surface area contributed by atoms with Gasteiger partial charge in [0.05, 0.1) is 22.5 Å². The minimum atomic E-state index is -0.902. The van der Waals surface area contributed by atoms with Crippen molar-refractivity contribution in [2.45, 2.75) is 29.7 Å². The molecular weight excluding hydrogens is 368 g/mol. The first kappa shape index (κ1) is 16.1. The number of rotatable bonds is 3. The Labute approximate surface area is 140 Å². The summed E-state index contributed by atoms with van der Waals surface area (Å²) >= 11 is 3.50. The Bertz CT molecular complexity index is 761. The van der Waals surface area contributed by atoms with E-state index in [2.05, 4.69) is 31.0 Å². The van der Waals surface area contributed by atoms with Gasteiger partial charge in [0.1, 0.15) is 30.0 Å². The summed E-state index contributed by atoms with van der Waals surface area (Å²) < 4.78 is 6.69. The number of aliphatic hydroxyl groups is 2. The van der Waals surface area contributed by atoms with Gasteiger partial charge in [0, 0.05) is 11.8 Å². The first-order valence-electron chi connectivity index (χ1n) is 6.89. The molecule has 4 atom stereocenters. The number of fused-ring (bicyclic) bond motifs is 1. The van der Waals surface area contributed by atoms with Gasteiger partial charge in [0.2, 0.25) is 0 Å². The molecule has 1 fully saturated rings. The molecular formula is C13H17BrN6O3. The number of aromatic nitrogens is 3. The number of anilines is 1. The maximum Gasteiger partial charge on any atom is 0.153 e. The standard InChI is InChI=1S/C13H17BrN6O3/c1-13(14)9(22)7(4-21)23-12(13)20-3-6(2-19-16)8-10(15)17-5-18-11(8)20/h2-3,5,7,9,12,21-22H,4,16H2,1H3,(H2,15,17,18)/b19-2+/t7-,9-,12-,13-/m1/s1. The molecule has 0 spiro atoms. The quantitative estimate of drug-likeness (QED) is 0.246. The van der Waals surface area contributed by atoms with Crippen molar-refractivity contribution in [1.29, 1.82) is 0 Å². The highest BCUT2D eigenvalue weighted by Crippen LogP contribution is 2.46. The summed E-state index contributed by atoms with van der Waals surface area (Å²) in [6.07, 6.45) is 2.28. The molecule has 6 N–H and O–H groups in total. The SMILES string of the molecule is C[C@@]1(Br)[C@H](O)[C@@H](CO)O[C@H]1n1cc(/C=N/N)c2c(N)ncnc21. The van der Waals surface area contributed by atoms with E-state index in [1.807, 2.05) is 0 Å². The van der Waals surface area contributed by atoms with Crippen LogP contribution in [0, 0.1) is 0 Å². The van der Waals surface area contributed by atoms with Gasteiger partial charge in [-0.3, -0.25) is 0 Å². The number of nitrogen functional groups attached to an aromatic ring is 1. The highest BCUT2D eigenvalue weighted by molar-refractivity contribution is 9.10. The summed E-state index contributed by atoms with van der Waals surface area (Å²) in [5.74, 6) is 5.54. The van der Waals surface area contributed by atoms with Gasteiger partial charge < -0.3 is 31.1 Å². The zero-order valence-electron chi connectivity index (χ0n) is 12.3. The number of hydrogen-bond donors (Lipinski definition) is 4. The number of halogens is 1. The second-order valence-electron chi connectivity index (χ2n) is 5.53. The monoisotopic (exact) mass is 384 g/mol. The molecule has 9 nitrogen and oxygen atoms in total. The highest BCUT2D eigenvalue weighted by atomic mass is 79.9. The normalized spacial score (nSPS) is 31.4. The summed E-state index contributed by atoms with van der Waals surface area (Å²) in [4.78, 5) is 8.24. The molecule has 23 heavy (non-hydrogen) atoms. The Kier molecular flexibility index (Phi) is 4.00. The third kappa shape index (κ3) is 2.38. The molecule has 2 aromatic heterocycles. The minimum Gasteiger partial charge on any atom is -0.394 e. The number of nitrogens with two attached hydrogens (primary N) is 2. The van der Waals surface area contributed by atoms with Crippen LogP contribution in [0.5, 0.6) is 0 Å². The third-order valence-corrected chi connectivity index (χ3v) is 4.89. The molecule has 0 radical (unpaired) electrons. The van der Waals surface area contributed by atoms with Crippen molar-refractivity contribution in [2.75, 3.05) is 12.3 Å². The first-order chi connectivity index (χ1) is 10.9. The lowest BCUT2D eigenvalue weighted by Crippen LogP contribution is -2.39. The van der Waals surface area contributed by atoms with Crippen LogP contribution in [0.4, 0.5) is 5.82 Å². The fourth-order valence-corrected chi connectivity index (χ4v) is 3.48. The van der Waals surface area contributed by atoms with Gasteiger partial charge in [-0.05, 0) is 6.92 Å². The predicted molar refractivity (Wildman–Crippen MR) is 88.1 cm³/mol. The second-order valence-corrected chi connectivity index (χ2v) is 7.24. The summed E-state index contributed by atoms with van der Waals surface area (Å²) in [5.41, 5.74) is 7.09. The third-order valence-electron chi connectivity index (χ3n) is 4.03. The maximum atomic E-state index is 10.3. The zero-order valence-corrected chi connectivity index (χ0v) is 13.9. The Morgan fingerprint density at radius 1 is 1.57 bits per heavy atom. The van der Waals surface area contributed by atoms with E-state index in [1.165, 1.54) is 12.5 Å². The summed E-state index contributed by atoms with van der Waals surface area (Å²) in [6, 6.07) is 0.